The van der Waals surface area contributed by atoms with Crippen LogP contribution in [0.3, 0.4) is 0 Å². The summed E-state index contributed by atoms with van der Waals surface area (Å²) in [6, 6.07) is 7.11. The number of hydrogen-bond donors (Lipinski definition) is 0. The van der Waals surface area contributed by atoms with E-state index in [9.17, 15) is 4.79 Å². The Morgan fingerprint density at radius 3 is 2.67 bits per heavy atom. The van der Waals surface area contributed by atoms with E-state index in [4.69, 9.17) is 14.2 Å². The van der Waals surface area contributed by atoms with Gasteiger partial charge in [-0.25, -0.2) is 4.98 Å². The molecule has 0 aliphatic carbocycles. The van der Waals surface area contributed by atoms with Gasteiger partial charge in [0.05, 0.1) is 13.2 Å². The molecule has 2 saturated heterocycles. The molecule has 2 aliphatic rings. The predicted molar refractivity (Wildman–Crippen MR) is 95.7 cm³/mol. The summed E-state index contributed by atoms with van der Waals surface area (Å²) < 4.78 is 17.1. The van der Waals surface area contributed by atoms with Crippen LogP contribution in [0, 0.1) is 0 Å². The van der Waals surface area contributed by atoms with Crippen molar-refractivity contribution in [1.82, 2.24) is 20.1 Å². The van der Waals surface area contributed by atoms with Crippen molar-refractivity contribution in [3.63, 3.8) is 0 Å². The number of amides is 1. The number of likely N-dealkylation sites (tertiary alicyclic amines) is 1. The number of carbonyl (C=O) groups is 1. The van der Waals surface area contributed by atoms with Gasteiger partial charge in [-0.1, -0.05) is 0 Å². The number of carbonyl (C=O) groups excluding carboxylic acids is 1. The van der Waals surface area contributed by atoms with Crippen molar-refractivity contribution in [2.75, 3.05) is 26.3 Å². The van der Waals surface area contributed by atoms with Crippen LogP contribution in [0.15, 0.2) is 36.7 Å². The van der Waals surface area contributed by atoms with Crippen LogP contribution >= 0.6 is 0 Å². The molecule has 0 saturated carbocycles. The Hall–Kier alpha value is -2.74. The van der Waals surface area contributed by atoms with Gasteiger partial charge in [-0.2, -0.15) is 5.10 Å². The molecule has 4 heterocycles. The summed E-state index contributed by atoms with van der Waals surface area (Å²) in [6.07, 6.45) is 5.55. The predicted octanol–water partition coefficient (Wildman–Crippen LogP) is 1.72. The molecule has 0 radical (unpaired) electrons. The maximum Gasteiger partial charge on any atom is 0.259 e. The molecule has 0 N–H and O–H groups in total. The standard InChI is InChI=1S/C19H22N4O4/c24-19(16-3-1-8-20-18(16)27-15-7-12-25-13-15)23-10-5-14(6-11-23)26-17-4-2-9-21-22-17/h1-4,8-9,14-15H,5-7,10-13H2/t15-/m1/s1. The minimum absolute atomic E-state index is 0.0333. The van der Waals surface area contributed by atoms with Crippen LogP contribution in [0.1, 0.15) is 29.6 Å². The number of hydrogen-bond acceptors (Lipinski definition) is 7. The molecule has 2 fully saturated rings. The molecule has 8 nitrogen and oxygen atoms in total. The zero-order valence-electron chi connectivity index (χ0n) is 15.0. The molecule has 4 rings (SSSR count). The fraction of sp³-hybridized carbons (Fsp3) is 0.474. The first-order valence-electron chi connectivity index (χ1n) is 9.22. The Labute approximate surface area is 157 Å². The first kappa shape index (κ1) is 17.7. The van der Waals surface area contributed by atoms with E-state index in [1.54, 1.807) is 36.7 Å². The van der Waals surface area contributed by atoms with E-state index in [1.807, 2.05) is 4.90 Å². The molecule has 0 spiro atoms. The van der Waals surface area contributed by atoms with Crippen molar-refractivity contribution in [2.45, 2.75) is 31.5 Å². The average Bonchev–Trinajstić information content (AvgIpc) is 3.22. The number of ether oxygens (including phenoxy) is 3. The second kappa shape index (κ2) is 8.30. The molecule has 142 valence electrons. The third-order valence-corrected chi connectivity index (χ3v) is 4.73. The van der Waals surface area contributed by atoms with Crippen molar-refractivity contribution in [2.24, 2.45) is 0 Å². The molecular weight excluding hydrogens is 348 g/mol. The fourth-order valence-electron chi connectivity index (χ4n) is 3.28. The highest BCUT2D eigenvalue weighted by Gasteiger charge is 2.28. The van der Waals surface area contributed by atoms with Gasteiger partial charge in [-0.05, 0) is 18.2 Å². The maximum atomic E-state index is 13.0. The normalized spacial score (nSPS) is 20.4. The maximum absolute atomic E-state index is 13.0. The van der Waals surface area contributed by atoms with Gasteiger partial charge in [0.15, 0.2) is 0 Å². The van der Waals surface area contributed by atoms with Gasteiger partial charge in [-0.3, -0.25) is 4.79 Å². The van der Waals surface area contributed by atoms with E-state index < -0.39 is 0 Å². The number of nitrogens with zero attached hydrogens (tertiary/aromatic N) is 4. The molecule has 0 aromatic carbocycles. The molecular formula is C19H22N4O4. The highest BCUT2D eigenvalue weighted by Crippen LogP contribution is 2.23. The molecule has 8 heteroatoms. The van der Waals surface area contributed by atoms with Gasteiger partial charge in [-0.15, -0.1) is 5.10 Å². The summed E-state index contributed by atoms with van der Waals surface area (Å²) in [5, 5.41) is 7.76. The quantitative estimate of drug-likeness (QED) is 0.792. The van der Waals surface area contributed by atoms with Gasteiger partial charge >= 0.3 is 0 Å². The van der Waals surface area contributed by atoms with Crippen molar-refractivity contribution >= 4 is 5.91 Å². The second-order valence-corrected chi connectivity index (χ2v) is 6.63. The van der Waals surface area contributed by atoms with Crippen molar-refractivity contribution in [3.8, 4) is 11.8 Å². The zero-order chi connectivity index (χ0) is 18.5. The Morgan fingerprint density at radius 1 is 1.07 bits per heavy atom. The van der Waals surface area contributed by atoms with Crippen LogP contribution < -0.4 is 9.47 Å². The SMILES string of the molecule is O=C(c1cccnc1O[C@@H]1CCOC1)N1CCC(Oc2cccnn2)CC1. The van der Waals surface area contributed by atoms with Gasteiger partial charge in [0.25, 0.3) is 5.91 Å². The summed E-state index contributed by atoms with van der Waals surface area (Å²) in [4.78, 5) is 19.1. The molecule has 0 unspecified atom stereocenters. The summed E-state index contributed by atoms with van der Waals surface area (Å²) in [7, 11) is 0. The third-order valence-electron chi connectivity index (χ3n) is 4.73. The van der Waals surface area contributed by atoms with Crippen LogP contribution in [0.4, 0.5) is 0 Å². The van der Waals surface area contributed by atoms with E-state index >= 15 is 0 Å². The molecule has 1 amide bonds. The molecule has 1 atom stereocenters. The van der Waals surface area contributed by atoms with E-state index in [0.717, 1.165) is 19.3 Å². The summed E-state index contributed by atoms with van der Waals surface area (Å²) in [5.74, 6) is 0.843. The van der Waals surface area contributed by atoms with E-state index in [1.165, 1.54) is 0 Å². The largest absolute Gasteiger partial charge is 0.473 e. The average molecular weight is 370 g/mol. The van der Waals surface area contributed by atoms with E-state index in [2.05, 4.69) is 15.2 Å². The number of aromatic nitrogens is 3. The van der Waals surface area contributed by atoms with Gasteiger partial charge < -0.3 is 19.1 Å². The summed E-state index contributed by atoms with van der Waals surface area (Å²) in [5.41, 5.74) is 0.498. The summed E-state index contributed by atoms with van der Waals surface area (Å²) in [6.45, 7) is 2.45. The highest BCUT2D eigenvalue weighted by atomic mass is 16.5. The van der Waals surface area contributed by atoms with Gasteiger partial charge in [0.2, 0.25) is 11.8 Å². The molecule has 0 bridgehead atoms. The Balaban J connectivity index is 1.36. The Kier molecular flexibility index (Phi) is 5.43. The molecule has 2 aliphatic heterocycles. The first-order valence-corrected chi connectivity index (χ1v) is 9.22. The number of piperidine rings is 1. The smallest absolute Gasteiger partial charge is 0.259 e. The highest BCUT2D eigenvalue weighted by molar-refractivity contribution is 5.96. The van der Waals surface area contributed by atoms with Crippen LogP contribution in [-0.2, 0) is 4.74 Å². The monoisotopic (exact) mass is 370 g/mol. The van der Waals surface area contributed by atoms with Gasteiger partial charge in [0.1, 0.15) is 17.8 Å². The van der Waals surface area contributed by atoms with Crippen LogP contribution in [0.5, 0.6) is 11.8 Å². The minimum Gasteiger partial charge on any atom is -0.473 e. The van der Waals surface area contributed by atoms with Crippen molar-refractivity contribution in [1.29, 1.82) is 0 Å². The van der Waals surface area contributed by atoms with Crippen molar-refractivity contribution in [3.05, 3.63) is 42.2 Å². The lowest BCUT2D eigenvalue weighted by molar-refractivity contribution is 0.0577. The van der Waals surface area contributed by atoms with Gasteiger partial charge in [0, 0.05) is 50.8 Å². The Bertz CT molecular complexity index is 759. The lowest BCUT2D eigenvalue weighted by atomic mass is 10.1. The van der Waals surface area contributed by atoms with Crippen LogP contribution in [0.25, 0.3) is 0 Å². The molecule has 2 aromatic rings. The first-order chi connectivity index (χ1) is 13.3. The number of pyridine rings is 1. The molecule has 27 heavy (non-hydrogen) atoms. The molecule has 2 aromatic heterocycles. The third kappa shape index (κ3) is 4.33. The number of rotatable bonds is 5. The van der Waals surface area contributed by atoms with Crippen LogP contribution in [0.2, 0.25) is 0 Å². The lowest BCUT2D eigenvalue weighted by Crippen LogP contribution is -2.42. The lowest BCUT2D eigenvalue weighted by Gasteiger charge is -2.32. The van der Waals surface area contributed by atoms with Crippen LogP contribution in [-0.4, -0.2) is 64.5 Å². The van der Waals surface area contributed by atoms with E-state index in [0.29, 0.717) is 43.6 Å². The fourth-order valence-corrected chi connectivity index (χ4v) is 3.28. The minimum atomic E-state index is -0.0602. The zero-order valence-corrected chi connectivity index (χ0v) is 15.0. The topological polar surface area (TPSA) is 86.7 Å². The second-order valence-electron chi connectivity index (χ2n) is 6.63. The Morgan fingerprint density at radius 2 is 1.93 bits per heavy atom. The summed E-state index contributed by atoms with van der Waals surface area (Å²) >= 11 is 0. The van der Waals surface area contributed by atoms with E-state index in [-0.39, 0.29) is 18.1 Å². The van der Waals surface area contributed by atoms with Crippen molar-refractivity contribution < 1.29 is 19.0 Å².